The van der Waals surface area contributed by atoms with E-state index in [0.29, 0.717) is 0 Å². The monoisotopic (exact) mass is 387 g/mol. The molecule has 0 bridgehead atoms. The van der Waals surface area contributed by atoms with Crippen LogP contribution in [0.2, 0.25) is 0 Å². The van der Waals surface area contributed by atoms with Crippen molar-refractivity contribution in [3.63, 3.8) is 0 Å². The molecule has 0 aliphatic heterocycles. The molecule has 3 rings (SSSR count). The summed E-state index contributed by atoms with van der Waals surface area (Å²) in [5.41, 5.74) is 4.77. The molecule has 0 unspecified atom stereocenters. The SMILES string of the molecule is Cc1cc(C)c(NC(=O)[C@H](C)OC(=O)/C=C/c2cccc3ccccc23)c(C)c1. The molecule has 3 aromatic carbocycles. The van der Waals surface area contributed by atoms with E-state index in [4.69, 9.17) is 4.74 Å². The smallest absolute Gasteiger partial charge is 0.331 e. The van der Waals surface area contributed by atoms with E-state index in [1.807, 2.05) is 75.4 Å². The van der Waals surface area contributed by atoms with Gasteiger partial charge >= 0.3 is 5.97 Å². The Bertz CT molecular complexity index is 1070. The minimum Gasteiger partial charge on any atom is -0.449 e. The Hall–Kier alpha value is -3.40. The molecular weight excluding hydrogens is 362 g/mol. The van der Waals surface area contributed by atoms with Gasteiger partial charge in [0, 0.05) is 11.8 Å². The number of ether oxygens (including phenoxy) is 1. The second-order valence-electron chi connectivity index (χ2n) is 7.24. The largest absolute Gasteiger partial charge is 0.449 e. The Morgan fingerprint density at radius 2 is 1.62 bits per heavy atom. The average molecular weight is 387 g/mol. The number of nitrogens with one attached hydrogen (secondary N) is 1. The summed E-state index contributed by atoms with van der Waals surface area (Å²) in [5.74, 6) is -0.912. The number of fused-ring (bicyclic) bond motifs is 1. The van der Waals surface area contributed by atoms with Gasteiger partial charge in [0.15, 0.2) is 6.10 Å². The third-order valence-corrected chi connectivity index (χ3v) is 4.81. The van der Waals surface area contributed by atoms with E-state index in [1.54, 1.807) is 13.0 Å². The molecule has 29 heavy (non-hydrogen) atoms. The van der Waals surface area contributed by atoms with Crippen LogP contribution in [-0.4, -0.2) is 18.0 Å². The summed E-state index contributed by atoms with van der Waals surface area (Å²) < 4.78 is 5.28. The first-order chi connectivity index (χ1) is 13.8. The second-order valence-corrected chi connectivity index (χ2v) is 7.24. The fourth-order valence-corrected chi connectivity index (χ4v) is 3.42. The predicted molar refractivity (Wildman–Crippen MR) is 118 cm³/mol. The van der Waals surface area contributed by atoms with Crippen LogP contribution >= 0.6 is 0 Å². The van der Waals surface area contributed by atoms with Crippen molar-refractivity contribution in [2.75, 3.05) is 5.32 Å². The number of anilines is 1. The van der Waals surface area contributed by atoms with Crippen LogP contribution in [0.4, 0.5) is 5.69 Å². The second kappa shape index (κ2) is 8.74. The zero-order valence-electron chi connectivity index (χ0n) is 17.2. The minimum atomic E-state index is -0.903. The number of hydrogen-bond acceptors (Lipinski definition) is 3. The van der Waals surface area contributed by atoms with Crippen molar-refractivity contribution in [3.8, 4) is 0 Å². The Kier molecular flexibility index (Phi) is 6.13. The van der Waals surface area contributed by atoms with Gasteiger partial charge in [0.2, 0.25) is 0 Å². The number of rotatable bonds is 5. The van der Waals surface area contributed by atoms with Crippen molar-refractivity contribution in [1.29, 1.82) is 0 Å². The minimum absolute atomic E-state index is 0.355. The van der Waals surface area contributed by atoms with Gasteiger partial charge in [0.25, 0.3) is 5.91 Å². The van der Waals surface area contributed by atoms with Gasteiger partial charge in [-0.05, 0) is 61.2 Å². The van der Waals surface area contributed by atoms with Crippen LogP contribution in [0.15, 0.2) is 60.7 Å². The highest BCUT2D eigenvalue weighted by molar-refractivity contribution is 5.98. The molecule has 0 aromatic heterocycles. The lowest BCUT2D eigenvalue weighted by molar-refractivity contribution is -0.148. The molecule has 0 saturated carbocycles. The molecule has 1 N–H and O–H groups in total. The highest BCUT2D eigenvalue weighted by Crippen LogP contribution is 2.22. The number of esters is 1. The highest BCUT2D eigenvalue weighted by Gasteiger charge is 2.18. The topological polar surface area (TPSA) is 55.4 Å². The molecular formula is C25H25NO3. The van der Waals surface area contributed by atoms with E-state index in [-0.39, 0.29) is 5.91 Å². The normalized spacial score (nSPS) is 12.1. The number of aryl methyl sites for hydroxylation is 3. The maximum atomic E-state index is 12.5. The van der Waals surface area contributed by atoms with Gasteiger partial charge in [-0.1, -0.05) is 60.2 Å². The van der Waals surface area contributed by atoms with Crippen LogP contribution in [0.3, 0.4) is 0 Å². The van der Waals surface area contributed by atoms with Crippen molar-refractivity contribution in [2.24, 2.45) is 0 Å². The summed E-state index contributed by atoms with van der Waals surface area (Å²) in [6.07, 6.45) is 2.16. The fraction of sp³-hybridized carbons (Fsp3) is 0.200. The summed E-state index contributed by atoms with van der Waals surface area (Å²) >= 11 is 0. The third-order valence-electron chi connectivity index (χ3n) is 4.81. The number of benzene rings is 3. The highest BCUT2D eigenvalue weighted by atomic mass is 16.5. The van der Waals surface area contributed by atoms with Gasteiger partial charge in [-0.3, -0.25) is 4.79 Å². The maximum absolute atomic E-state index is 12.5. The van der Waals surface area contributed by atoms with E-state index < -0.39 is 12.1 Å². The quantitative estimate of drug-likeness (QED) is 0.474. The summed E-state index contributed by atoms with van der Waals surface area (Å²) in [4.78, 5) is 24.7. The van der Waals surface area contributed by atoms with Crippen LogP contribution in [0.5, 0.6) is 0 Å². The van der Waals surface area contributed by atoms with Crippen LogP contribution in [-0.2, 0) is 14.3 Å². The lowest BCUT2D eigenvalue weighted by Gasteiger charge is -2.16. The van der Waals surface area contributed by atoms with Gasteiger partial charge in [-0.15, -0.1) is 0 Å². The van der Waals surface area contributed by atoms with Crippen molar-refractivity contribution < 1.29 is 14.3 Å². The van der Waals surface area contributed by atoms with Gasteiger partial charge in [-0.2, -0.15) is 0 Å². The zero-order valence-corrected chi connectivity index (χ0v) is 17.2. The number of carbonyl (C=O) groups excluding carboxylic acids is 2. The molecule has 0 saturated heterocycles. The first-order valence-electron chi connectivity index (χ1n) is 9.60. The molecule has 0 spiro atoms. The molecule has 4 nitrogen and oxygen atoms in total. The molecule has 0 radical (unpaired) electrons. The molecule has 0 aliphatic carbocycles. The molecule has 3 aromatic rings. The number of hydrogen-bond donors (Lipinski definition) is 1. The Morgan fingerprint density at radius 1 is 0.966 bits per heavy atom. The molecule has 0 heterocycles. The van der Waals surface area contributed by atoms with Crippen molar-refractivity contribution in [3.05, 3.63) is 82.9 Å². The lowest BCUT2D eigenvalue weighted by atomic mass is 10.0. The van der Waals surface area contributed by atoms with Gasteiger partial charge in [-0.25, -0.2) is 4.79 Å². The van der Waals surface area contributed by atoms with E-state index in [0.717, 1.165) is 38.7 Å². The zero-order chi connectivity index (χ0) is 21.0. The van der Waals surface area contributed by atoms with Crippen LogP contribution in [0.25, 0.3) is 16.8 Å². The van der Waals surface area contributed by atoms with E-state index >= 15 is 0 Å². The Morgan fingerprint density at radius 3 is 2.34 bits per heavy atom. The van der Waals surface area contributed by atoms with Gasteiger partial charge in [0.05, 0.1) is 0 Å². The standard InChI is InChI=1S/C25H25NO3/c1-16-14-17(2)24(18(3)15-16)26-25(28)19(4)29-23(27)13-12-21-10-7-9-20-8-5-6-11-22(20)21/h5-15,19H,1-4H3,(H,26,28)/b13-12+/t19-/m0/s1. The van der Waals surface area contributed by atoms with E-state index in [1.165, 1.54) is 6.08 Å². The molecule has 1 atom stereocenters. The van der Waals surface area contributed by atoms with Gasteiger partial charge in [0.1, 0.15) is 0 Å². The lowest BCUT2D eigenvalue weighted by Crippen LogP contribution is -2.30. The summed E-state index contributed by atoms with van der Waals surface area (Å²) in [7, 11) is 0. The maximum Gasteiger partial charge on any atom is 0.331 e. The first-order valence-corrected chi connectivity index (χ1v) is 9.60. The van der Waals surface area contributed by atoms with Crippen LogP contribution in [0.1, 0.15) is 29.2 Å². The van der Waals surface area contributed by atoms with Crippen LogP contribution in [0, 0.1) is 20.8 Å². The van der Waals surface area contributed by atoms with Crippen molar-refractivity contribution in [2.45, 2.75) is 33.8 Å². The average Bonchev–Trinajstić information content (AvgIpc) is 2.68. The number of carbonyl (C=O) groups is 2. The summed E-state index contributed by atoms with van der Waals surface area (Å²) in [6, 6.07) is 17.9. The molecule has 0 aliphatic rings. The summed E-state index contributed by atoms with van der Waals surface area (Å²) in [6.45, 7) is 7.47. The fourth-order valence-electron chi connectivity index (χ4n) is 3.42. The van der Waals surface area contributed by atoms with Gasteiger partial charge < -0.3 is 10.1 Å². The number of amides is 1. The van der Waals surface area contributed by atoms with Crippen LogP contribution < -0.4 is 5.32 Å². The Labute approximate surface area is 171 Å². The van der Waals surface area contributed by atoms with Crippen molar-refractivity contribution >= 4 is 34.4 Å². The first kappa shape index (κ1) is 20.3. The van der Waals surface area contributed by atoms with E-state index in [9.17, 15) is 9.59 Å². The molecule has 148 valence electrons. The Balaban J connectivity index is 1.66. The molecule has 4 heteroatoms. The summed E-state index contributed by atoms with van der Waals surface area (Å²) in [5, 5.41) is 5.02. The molecule has 0 fully saturated rings. The third kappa shape index (κ3) is 4.91. The van der Waals surface area contributed by atoms with Crippen molar-refractivity contribution in [1.82, 2.24) is 0 Å². The molecule has 1 amide bonds. The van der Waals surface area contributed by atoms with E-state index in [2.05, 4.69) is 5.32 Å². The predicted octanol–water partition coefficient (Wildman–Crippen LogP) is 5.35.